The molecule has 1 heterocycles. The van der Waals surface area contributed by atoms with Crippen LogP contribution in [0.3, 0.4) is 0 Å². The summed E-state index contributed by atoms with van der Waals surface area (Å²) in [5, 5.41) is 2.89. The van der Waals surface area contributed by atoms with Crippen LogP contribution in [0.2, 0.25) is 0 Å². The van der Waals surface area contributed by atoms with Crippen molar-refractivity contribution >= 4 is 34.9 Å². The smallest absolute Gasteiger partial charge is 0.338 e. The second-order valence-corrected chi connectivity index (χ2v) is 7.72. The van der Waals surface area contributed by atoms with Gasteiger partial charge in [0.1, 0.15) is 5.92 Å². The van der Waals surface area contributed by atoms with Crippen molar-refractivity contribution in [3.8, 4) is 0 Å². The maximum Gasteiger partial charge on any atom is 0.338 e. The minimum absolute atomic E-state index is 0.0329. The summed E-state index contributed by atoms with van der Waals surface area (Å²) < 4.78 is 5.08. The zero-order valence-corrected chi connectivity index (χ0v) is 18.7. The first kappa shape index (κ1) is 22.7. The van der Waals surface area contributed by atoms with Crippen LogP contribution in [0.1, 0.15) is 39.9 Å². The van der Waals surface area contributed by atoms with Gasteiger partial charge in [0.25, 0.3) is 0 Å². The largest absolute Gasteiger partial charge is 0.462 e. The second kappa shape index (κ2) is 9.99. The first-order chi connectivity index (χ1) is 16.5. The third-order valence-electron chi connectivity index (χ3n) is 5.37. The number of anilines is 1. The van der Waals surface area contributed by atoms with E-state index in [4.69, 9.17) is 21.2 Å². The highest BCUT2D eigenvalue weighted by molar-refractivity contribution is 6.24. The number of ether oxygens (including phenoxy) is 1. The van der Waals surface area contributed by atoms with Gasteiger partial charge in [-0.3, -0.25) is 9.79 Å². The number of nitrogens with two attached hydrogens (primary N) is 2. The van der Waals surface area contributed by atoms with E-state index in [1.54, 1.807) is 25.1 Å². The van der Waals surface area contributed by atoms with Gasteiger partial charge in [-0.2, -0.15) is 0 Å². The number of hydrogen-bond acceptors (Lipinski definition) is 5. The topological polar surface area (TPSA) is 132 Å². The van der Waals surface area contributed by atoms with Gasteiger partial charge in [0, 0.05) is 5.69 Å². The molecule has 0 aromatic heterocycles. The number of hydrogen-bond donors (Lipinski definition) is 3. The van der Waals surface area contributed by atoms with Crippen LogP contribution in [0.15, 0.2) is 82.8 Å². The molecule has 3 aromatic rings. The predicted molar refractivity (Wildman–Crippen MR) is 132 cm³/mol. The van der Waals surface area contributed by atoms with Crippen LogP contribution in [-0.4, -0.2) is 30.2 Å². The Morgan fingerprint density at radius 3 is 2.41 bits per heavy atom. The van der Waals surface area contributed by atoms with Crippen molar-refractivity contribution in [1.29, 1.82) is 0 Å². The van der Waals surface area contributed by atoms with Crippen molar-refractivity contribution in [2.75, 3.05) is 11.9 Å². The summed E-state index contributed by atoms with van der Waals surface area (Å²) in [7, 11) is 0. The summed E-state index contributed by atoms with van der Waals surface area (Å²) in [6.45, 7) is 2.40. The fourth-order valence-electron chi connectivity index (χ4n) is 3.78. The van der Waals surface area contributed by atoms with Gasteiger partial charge in [-0.15, -0.1) is 0 Å². The third-order valence-corrected chi connectivity index (χ3v) is 5.37. The first-order valence-electron chi connectivity index (χ1n) is 10.9. The summed E-state index contributed by atoms with van der Waals surface area (Å²) >= 11 is 0. The van der Waals surface area contributed by atoms with E-state index in [1.807, 2.05) is 54.6 Å². The zero-order valence-electron chi connectivity index (χ0n) is 18.7. The van der Waals surface area contributed by atoms with Crippen molar-refractivity contribution in [3.63, 3.8) is 0 Å². The van der Waals surface area contributed by atoms with Crippen molar-refractivity contribution in [2.45, 2.75) is 19.4 Å². The molecule has 34 heavy (non-hydrogen) atoms. The maximum absolute atomic E-state index is 13.1. The number of guanidine groups is 1. The van der Waals surface area contributed by atoms with Crippen LogP contribution in [0.5, 0.6) is 0 Å². The number of esters is 1. The van der Waals surface area contributed by atoms with Crippen molar-refractivity contribution < 1.29 is 14.3 Å². The van der Waals surface area contributed by atoms with Gasteiger partial charge >= 0.3 is 5.97 Å². The van der Waals surface area contributed by atoms with Crippen molar-refractivity contribution in [1.82, 2.24) is 0 Å². The Bertz CT molecular complexity index is 1260. The van der Waals surface area contributed by atoms with Gasteiger partial charge in [-0.1, -0.05) is 48.5 Å². The average Bonchev–Trinajstić information content (AvgIpc) is 3.17. The quantitative estimate of drug-likeness (QED) is 0.285. The third kappa shape index (κ3) is 4.96. The first-order valence-corrected chi connectivity index (χ1v) is 10.9. The minimum Gasteiger partial charge on any atom is -0.462 e. The Kier molecular flexibility index (Phi) is 6.68. The molecule has 0 bridgehead atoms. The molecule has 1 unspecified atom stereocenters. The molecule has 0 aliphatic carbocycles. The number of nitrogens with one attached hydrogen (secondary N) is 1. The monoisotopic (exact) mass is 455 g/mol. The fourth-order valence-corrected chi connectivity index (χ4v) is 3.78. The molecule has 8 heteroatoms. The van der Waals surface area contributed by atoms with Gasteiger partial charge in [-0.25, -0.2) is 9.79 Å². The number of aliphatic imine (C=N–C) groups is 2. The number of carbonyl (C=O) groups excluding carboxylic acids is 2. The number of rotatable bonds is 7. The number of fused-ring (bicyclic) bond motifs is 1. The molecule has 4 rings (SSSR count). The van der Waals surface area contributed by atoms with Crippen LogP contribution in [0.25, 0.3) is 0 Å². The lowest BCUT2D eigenvalue weighted by Gasteiger charge is -2.14. The van der Waals surface area contributed by atoms with E-state index in [0.29, 0.717) is 29.2 Å². The molecule has 5 N–H and O–H groups in total. The molecule has 8 nitrogen and oxygen atoms in total. The van der Waals surface area contributed by atoms with E-state index in [2.05, 4.69) is 10.3 Å². The predicted octanol–water partition coefficient (Wildman–Crippen LogP) is 3.49. The van der Waals surface area contributed by atoms with Crippen LogP contribution < -0.4 is 16.8 Å². The Morgan fingerprint density at radius 1 is 1.00 bits per heavy atom. The summed E-state index contributed by atoms with van der Waals surface area (Å²) in [4.78, 5) is 34.1. The lowest BCUT2D eigenvalue weighted by Crippen LogP contribution is -2.22. The molecule has 0 saturated carbocycles. The highest BCUT2D eigenvalue weighted by Gasteiger charge is 2.36. The van der Waals surface area contributed by atoms with E-state index in [9.17, 15) is 9.59 Å². The summed E-state index contributed by atoms with van der Waals surface area (Å²) in [6, 6.07) is 22.2. The van der Waals surface area contributed by atoms with Gasteiger partial charge in [0.05, 0.1) is 30.1 Å². The second-order valence-electron chi connectivity index (χ2n) is 7.72. The number of amides is 1. The average molecular weight is 456 g/mol. The number of benzene rings is 3. The van der Waals surface area contributed by atoms with Gasteiger partial charge in [0.15, 0.2) is 5.96 Å². The molecular weight excluding hydrogens is 430 g/mol. The van der Waals surface area contributed by atoms with Crippen LogP contribution in [-0.2, 0) is 16.1 Å². The van der Waals surface area contributed by atoms with E-state index in [0.717, 1.165) is 16.7 Å². The van der Waals surface area contributed by atoms with Gasteiger partial charge in [0.2, 0.25) is 5.91 Å². The van der Waals surface area contributed by atoms with Crippen LogP contribution in [0.4, 0.5) is 11.4 Å². The lowest BCUT2D eigenvalue weighted by molar-refractivity contribution is -0.115. The highest BCUT2D eigenvalue weighted by Crippen LogP contribution is 2.37. The van der Waals surface area contributed by atoms with Gasteiger partial charge < -0.3 is 21.5 Å². The Hall–Kier alpha value is -4.46. The zero-order chi connectivity index (χ0) is 24.1. The summed E-state index contributed by atoms with van der Waals surface area (Å²) in [6.07, 6.45) is 0. The van der Waals surface area contributed by atoms with Gasteiger partial charge in [-0.05, 0) is 47.9 Å². The van der Waals surface area contributed by atoms with Crippen LogP contribution in [0, 0.1) is 0 Å². The Balaban J connectivity index is 1.73. The molecule has 1 aliphatic rings. The standard InChI is InChI=1S/C26H25N5O3/c1-2-34-25(33)18-10-13-20-21(14-18)31-24(32)22(20)23(17-6-4-3-5-7-17)30-19-11-8-16(9-12-19)15-29-26(27)28/h3-14,22H,2,15H2,1H3,(H,31,32)(H4,27,28,29). The summed E-state index contributed by atoms with van der Waals surface area (Å²) in [5.41, 5.74) is 15.6. The molecule has 0 saturated heterocycles. The maximum atomic E-state index is 13.1. The normalized spacial score (nSPS) is 14.8. The lowest BCUT2D eigenvalue weighted by atomic mass is 9.90. The van der Waals surface area contributed by atoms with E-state index in [-0.39, 0.29) is 18.5 Å². The molecule has 0 spiro atoms. The minimum atomic E-state index is -0.630. The Labute approximate surface area is 197 Å². The molecule has 0 radical (unpaired) electrons. The van der Waals surface area contributed by atoms with E-state index < -0.39 is 11.9 Å². The fraction of sp³-hybridized carbons (Fsp3) is 0.154. The van der Waals surface area contributed by atoms with E-state index in [1.165, 1.54) is 0 Å². The highest BCUT2D eigenvalue weighted by atomic mass is 16.5. The van der Waals surface area contributed by atoms with Crippen molar-refractivity contribution in [3.05, 3.63) is 95.1 Å². The molecule has 3 aromatic carbocycles. The molecular formula is C26H25N5O3. The molecule has 1 aliphatic heterocycles. The number of carbonyl (C=O) groups is 2. The molecule has 172 valence electrons. The van der Waals surface area contributed by atoms with Crippen LogP contribution >= 0.6 is 0 Å². The number of nitrogens with zero attached hydrogens (tertiary/aromatic N) is 2. The SMILES string of the molecule is CCOC(=O)c1ccc2c(c1)NC(=O)C2C(=Nc1ccc(CN=C(N)N)cc1)c1ccccc1. The van der Waals surface area contributed by atoms with E-state index >= 15 is 0 Å². The molecule has 1 atom stereocenters. The molecule has 0 fully saturated rings. The Morgan fingerprint density at radius 2 is 1.74 bits per heavy atom. The van der Waals surface area contributed by atoms with Crippen molar-refractivity contribution in [2.24, 2.45) is 21.5 Å². The summed E-state index contributed by atoms with van der Waals surface area (Å²) in [5.74, 6) is -1.23. The molecule has 1 amide bonds.